The Balaban J connectivity index is 1.90. The summed E-state index contributed by atoms with van der Waals surface area (Å²) in [5.74, 6) is 0.795. The predicted octanol–water partition coefficient (Wildman–Crippen LogP) is 3.45. The first-order valence-corrected chi connectivity index (χ1v) is 8.39. The average molecular weight is 342 g/mol. The number of urea groups is 1. The lowest BCUT2D eigenvalue weighted by Gasteiger charge is -2.32. The largest absolute Gasteiger partial charge is 0.497 e. The molecular weight excluding hydrogens is 316 g/mol. The van der Waals surface area contributed by atoms with Gasteiger partial charge in [-0.05, 0) is 29.7 Å². The maximum Gasteiger partial charge on any atom is 0.315 e. The fraction of sp³-hybridized carbons (Fsp3) is 0.350. The summed E-state index contributed by atoms with van der Waals surface area (Å²) < 4.78 is 10.9. The van der Waals surface area contributed by atoms with E-state index in [0.717, 1.165) is 23.3 Å². The molecule has 0 bridgehead atoms. The number of hydrogen-bond donors (Lipinski definition) is 2. The number of methoxy groups -OCH3 is 2. The second-order valence-corrected chi connectivity index (χ2v) is 5.80. The number of benzene rings is 2. The van der Waals surface area contributed by atoms with Gasteiger partial charge in [0, 0.05) is 13.7 Å². The first-order chi connectivity index (χ1) is 12.1. The molecule has 0 aliphatic carbocycles. The summed E-state index contributed by atoms with van der Waals surface area (Å²) in [7, 11) is 3.30. The molecular formula is C20H26N2O3. The van der Waals surface area contributed by atoms with E-state index in [1.165, 1.54) is 0 Å². The molecule has 0 aliphatic heterocycles. The molecule has 0 heterocycles. The van der Waals surface area contributed by atoms with Crippen LogP contribution in [-0.2, 0) is 16.9 Å². The maximum atomic E-state index is 12.1. The van der Waals surface area contributed by atoms with Crippen molar-refractivity contribution in [1.29, 1.82) is 0 Å². The fourth-order valence-corrected chi connectivity index (χ4v) is 2.72. The van der Waals surface area contributed by atoms with Crippen LogP contribution in [0.15, 0.2) is 54.6 Å². The van der Waals surface area contributed by atoms with Crippen LogP contribution in [0.1, 0.15) is 24.5 Å². The molecule has 0 saturated carbocycles. The summed E-state index contributed by atoms with van der Waals surface area (Å²) in [6.45, 7) is 2.90. The summed E-state index contributed by atoms with van der Waals surface area (Å²) in [4.78, 5) is 12.1. The van der Waals surface area contributed by atoms with Gasteiger partial charge in [-0.3, -0.25) is 0 Å². The number of carbonyl (C=O) groups excluding carboxylic acids is 1. The molecule has 5 nitrogen and oxygen atoms in total. The minimum Gasteiger partial charge on any atom is -0.497 e. The van der Waals surface area contributed by atoms with E-state index in [4.69, 9.17) is 9.47 Å². The summed E-state index contributed by atoms with van der Waals surface area (Å²) in [6, 6.07) is 17.3. The SMILES string of the molecule is CCC(CNC(=O)NCc1ccc(OC)cc1)(OC)c1ccccc1. The van der Waals surface area contributed by atoms with Crippen LogP contribution in [0.4, 0.5) is 4.79 Å². The summed E-state index contributed by atoms with van der Waals surface area (Å²) in [5.41, 5.74) is 1.53. The molecule has 1 unspecified atom stereocenters. The first kappa shape index (κ1) is 18.8. The molecule has 2 N–H and O–H groups in total. The molecule has 1 atom stereocenters. The van der Waals surface area contributed by atoms with Gasteiger partial charge in [0.15, 0.2) is 0 Å². The van der Waals surface area contributed by atoms with Crippen LogP contribution in [0.5, 0.6) is 5.75 Å². The molecule has 2 rings (SSSR count). The molecule has 0 aliphatic rings. The van der Waals surface area contributed by atoms with Crippen LogP contribution in [0.25, 0.3) is 0 Å². The van der Waals surface area contributed by atoms with Crippen molar-refractivity contribution in [2.24, 2.45) is 0 Å². The molecule has 25 heavy (non-hydrogen) atoms. The number of hydrogen-bond acceptors (Lipinski definition) is 3. The lowest BCUT2D eigenvalue weighted by molar-refractivity contribution is -0.0152. The number of nitrogens with one attached hydrogen (secondary N) is 2. The van der Waals surface area contributed by atoms with Crippen molar-refractivity contribution in [2.75, 3.05) is 20.8 Å². The number of ether oxygens (including phenoxy) is 2. The van der Waals surface area contributed by atoms with Crippen LogP contribution in [0.3, 0.4) is 0 Å². The standard InChI is InChI=1S/C20H26N2O3/c1-4-20(25-3,17-8-6-5-7-9-17)15-22-19(23)21-14-16-10-12-18(24-2)13-11-16/h5-13H,4,14-15H2,1-3H3,(H2,21,22,23). The quantitative estimate of drug-likeness (QED) is 0.772. The predicted molar refractivity (Wildman–Crippen MR) is 98.7 cm³/mol. The van der Waals surface area contributed by atoms with Gasteiger partial charge in [0.25, 0.3) is 0 Å². The zero-order valence-electron chi connectivity index (χ0n) is 15.0. The van der Waals surface area contributed by atoms with Gasteiger partial charge in [0.1, 0.15) is 11.4 Å². The van der Waals surface area contributed by atoms with E-state index in [1.54, 1.807) is 14.2 Å². The van der Waals surface area contributed by atoms with Gasteiger partial charge in [0.2, 0.25) is 0 Å². The lowest BCUT2D eigenvalue weighted by atomic mass is 9.91. The highest BCUT2D eigenvalue weighted by Crippen LogP contribution is 2.27. The monoisotopic (exact) mass is 342 g/mol. The van der Waals surface area contributed by atoms with Crippen LogP contribution in [-0.4, -0.2) is 26.8 Å². The summed E-state index contributed by atoms with van der Waals surface area (Å²) in [5, 5.41) is 5.78. The zero-order valence-corrected chi connectivity index (χ0v) is 15.0. The van der Waals surface area contributed by atoms with E-state index in [9.17, 15) is 4.79 Å². The van der Waals surface area contributed by atoms with Gasteiger partial charge in [-0.2, -0.15) is 0 Å². The second kappa shape index (κ2) is 9.08. The Morgan fingerprint density at radius 2 is 1.68 bits per heavy atom. The third-order valence-electron chi connectivity index (χ3n) is 4.41. The molecule has 2 amide bonds. The third-order valence-corrected chi connectivity index (χ3v) is 4.41. The van der Waals surface area contributed by atoms with Crippen molar-refractivity contribution in [3.05, 3.63) is 65.7 Å². The van der Waals surface area contributed by atoms with Gasteiger partial charge < -0.3 is 20.1 Å². The topological polar surface area (TPSA) is 59.6 Å². The van der Waals surface area contributed by atoms with E-state index < -0.39 is 5.60 Å². The number of amides is 2. The smallest absolute Gasteiger partial charge is 0.315 e. The molecule has 0 saturated heterocycles. The van der Waals surface area contributed by atoms with Crippen LogP contribution in [0, 0.1) is 0 Å². The van der Waals surface area contributed by atoms with Gasteiger partial charge in [-0.25, -0.2) is 4.79 Å². The summed E-state index contributed by atoms with van der Waals surface area (Å²) in [6.07, 6.45) is 0.756. The maximum absolute atomic E-state index is 12.1. The average Bonchev–Trinajstić information content (AvgIpc) is 2.69. The zero-order chi connectivity index (χ0) is 18.1. The van der Waals surface area contributed by atoms with E-state index in [2.05, 4.69) is 10.6 Å². The molecule has 134 valence electrons. The molecule has 0 aromatic heterocycles. The van der Waals surface area contributed by atoms with E-state index in [1.807, 2.05) is 61.5 Å². The normalized spacial score (nSPS) is 12.9. The Bertz CT molecular complexity index is 652. The number of carbonyl (C=O) groups is 1. The lowest BCUT2D eigenvalue weighted by Crippen LogP contribution is -2.45. The van der Waals surface area contributed by atoms with Crippen molar-refractivity contribution >= 4 is 6.03 Å². The Morgan fingerprint density at radius 3 is 2.24 bits per heavy atom. The van der Waals surface area contributed by atoms with Crippen LogP contribution < -0.4 is 15.4 Å². The van der Waals surface area contributed by atoms with Crippen molar-refractivity contribution in [3.63, 3.8) is 0 Å². The minimum atomic E-state index is -0.529. The van der Waals surface area contributed by atoms with Crippen molar-refractivity contribution < 1.29 is 14.3 Å². The second-order valence-electron chi connectivity index (χ2n) is 5.80. The Hall–Kier alpha value is -2.53. The molecule has 2 aromatic rings. The molecule has 2 aromatic carbocycles. The van der Waals surface area contributed by atoms with E-state index in [0.29, 0.717) is 13.1 Å². The van der Waals surface area contributed by atoms with Gasteiger partial charge in [-0.15, -0.1) is 0 Å². The highest BCUT2D eigenvalue weighted by molar-refractivity contribution is 5.74. The Labute approximate surface area is 149 Å². The van der Waals surface area contributed by atoms with E-state index >= 15 is 0 Å². The fourth-order valence-electron chi connectivity index (χ4n) is 2.72. The van der Waals surface area contributed by atoms with Crippen LogP contribution in [0.2, 0.25) is 0 Å². The van der Waals surface area contributed by atoms with Gasteiger partial charge in [-0.1, -0.05) is 49.4 Å². The van der Waals surface area contributed by atoms with Gasteiger partial charge in [0.05, 0.1) is 13.7 Å². The molecule has 5 heteroatoms. The summed E-state index contributed by atoms with van der Waals surface area (Å²) >= 11 is 0. The Kier molecular flexibility index (Phi) is 6.83. The molecule has 0 fully saturated rings. The first-order valence-electron chi connectivity index (χ1n) is 8.39. The van der Waals surface area contributed by atoms with Crippen molar-refractivity contribution in [1.82, 2.24) is 10.6 Å². The van der Waals surface area contributed by atoms with E-state index in [-0.39, 0.29) is 6.03 Å². The third kappa shape index (κ3) is 4.97. The van der Waals surface area contributed by atoms with Crippen molar-refractivity contribution in [2.45, 2.75) is 25.5 Å². The van der Waals surface area contributed by atoms with Crippen LogP contribution >= 0.6 is 0 Å². The Morgan fingerprint density at radius 1 is 1.00 bits per heavy atom. The van der Waals surface area contributed by atoms with Crippen molar-refractivity contribution in [3.8, 4) is 5.75 Å². The van der Waals surface area contributed by atoms with Gasteiger partial charge >= 0.3 is 6.03 Å². The molecule has 0 spiro atoms. The highest BCUT2D eigenvalue weighted by atomic mass is 16.5. The number of rotatable bonds is 8. The highest BCUT2D eigenvalue weighted by Gasteiger charge is 2.30. The minimum absolute atomic E-state index is 0.221. The molecule has 0 radical (unpaired) electrons.